The van der Waals surface area contributed by atoms with Crippen LogP contribution in [0.4, 0.5) is 4.79 Å². The molecule has 0 radical (unpaired) electrons. The molecule has 0 N–H and O–H groups in total. The molecule has 0 unspecified atom stereocenters. The third kappa shape index (κ3) is 4.02. The number of hydrogen-bond acceptors (Lipinski definition) is 4. The van der Waals surface area contributed by atoms with Gasteiger partial charge in [0.2, 0.25) is 5.91 Å². The van der Waals surface area contributed by atoms with Crippen molar-refractivity contribution in [2.75, 3.05) is 13.1 Å². The Morgan fingerprint density at radius 3 is 2.26 bits per heavy atom. The zero-order valence-corrected chi connectivity index (χ0v) is 15.6. The molecule has 0 aromatic heterocycles. The number of benzene rings is 1. The average Bonchev–Trinajstić information content (AvgIpc) is 2.88. The first-order valence-electron chi connectivity index (χ1n) is 9.53. The van der Waals surface area contributed by atoms with Crippen LogP contribution in [0.25, 0.3) is 0 Å². The highest BCUT2D eigenvalue weighted by Gasteiger charge is 2.45. The lowest BCUT2D eigenvalue weighted by atomic mass is 9.94. The van der Waals surface area contributed by atoms with Crippen molar-refractivity contribution in [3.05, 3.63) is 35.9 Å². The SMILES string of the molecule is CCN(C(=O)CN1C(=O)C(=O)N(Cc2ccccc2)C1=O)C1CCCCC1. The van der Waals surface area contributed by atoms with Crippen LogP contribution in [0.1, 0.15) is 44.6 Å². The number of carbonyl (C=O) groups is 4. The summed E-state index contributed by atoms with van der Waals surface area (Å²) >= 11 is 0. The molecule has 3 rings (SSSR count). The van der Waals surface area contributed by atoms with Crippen LogP contribution in [0.3, 0.4) is 0 Å². The van der Waals surface area contributed by atoms with Gasteiger partial charge < -0.3 is 4.90 Å². The molecule has 1 aliphatic carbocycles. The van der Waals surface area contributed by atoms with Crippen molar-refractivity contribution < 1.29 is 19.2 Å². The van der Waals surface area contributed by atoms with E-state index in [0.29, 0.717) is 6.54 Å². The van der Waals surface area contributed by atoms with Crippen LogP contribution in [0, 0.1) is 0 Å². The van der Waals surface area contributed by atoms with Crippen LogP contribution < -0.4 is 0 Å². The zero-order chi connectivity index (χ0) is 19.4. The second-order valence-electron chi connectivity index (χ2n) is 7.02. The first-order valence-corrected chi connectivity index (χ1v) is 9.53. The van der Waals surface area contributed by atoms with Gasteiger partial charge in [-0.05, 0) is 25.3 Å². The van der Waals surface area contributed by atoms with E-state index in [2.05, 4.69) is 0 Å². The summed E-state index contributed by atoms with van der Waals surface area (Å²) < 4.78 is 0. The Bertz CT molecular complexity index is 728. The highest BCUT2D eigenvalue weighted by atomic mass is 16.2. The Balaban J connectivity index is 1.68. The smallest absolute Gasteiger partial charge is 0.335 e. The molecule has 1 saturated carbocycles. The van der Waals surface area contributed by atoms with Gasteiger partial charge in [-0.15, -0.1) is 0 Å². The van der Waals surface area contributed by atoms with Crippen molar-refractivity contribution in [2.45, 2.75) is 51.6 Å². The Labute approximate surface area is 158 Å². The molecular formula is C20H25N3O4. The van der Waals surface area contributed by atoms with Gasteiger partial charge in [0.1, 0.15) is 6.54 Å². The molecule has 144 valence electrons. The van der Waals surface area contributed by atoms with Gasteiger partial charge >= 0.3 is 17.8 Å². The molecule has 1 heterocycles. The van der Waals surface area contributed by atoms with Crippen LogP contribution >= 0.6 is 0 Å². The summed E-state index contributed by atoms with van der Waals surface area (Å²) in [6.45, 7) is 2.07. The lowest BCUT2D eigenvalue weighted by molar-refractivity contribution is -0.145. The molecule has 7 heteroatoms. The fourth-order valence-electron chi connectivity index (χ4n) is 3.85. The summed E-state index contributed by atoms with van der Waals surface area (Å²) in [5, 5.41) is 0. The van der Waals surface area contributed by atoms with Gasteiger partial charge in [0, 0.05) is 12.6 Å². The van der Waals surface area contributed by atoms with Crippen molar-refractivity contribution in [2.24, 2.45) is 0 Å². The van der Waals surface area contributed by atoms with Crippen molar-refractivity contribution in [1.29, 1.82) is 0 Å². The summed E-state index contributed by atoms with van der Waals surface area (Å²) in [6, 6.07) is 8.42. The molecule has 1 saturated heterocycles. The Kier molecular flexibility index (Phi) is 5.88. The monoisotopic (exact) mass is 371 g/mol. The van der Waals surface area contributed by atoms with E-state index in [0.717, 1.165) is 41.0 Å². The van der Waals surface area contributed by atoms with Crippen molar-refractivity contribution >= 4 is 23.8 Å². The Morgan fingerprint density at radius 2 is 1.63 bits per heavy atom. The highest BCUT2D eigenvalue weighted by Crippen LogP contribution is 2.23. The molecular weight excluding hydrogens is 346 g/mol. The lowest BCUT2D eigenvalue weighted by Gasteiger charge is -2.34. The maximum absolute atomic E-state index is 12.7. The molecule has 0 spiro atoms. The van der Waals surface area contributed by atoms with E-state index in [9.17, 15) is 19.2 Å². The molecule has 1 aliphatic heterocycles. The molecule has 0 bridgehead atoms. The molecule has 2 aliphatic rings. The summed E-state index contributed by atoms with van der Waals surface area (Å²) in [4.78, 5) is 53.3. The largest absolute Gasteiger partial charge is 0.338 e. The minimum atomic E-state index is -0.927. The summed E-state index contributed by atoms with van der Waals surface area (Å²) in [7, 11) is 0. The van der Waals surface area contributed by atoms with Crippen LogP contribution in [0.15, 0.2) is 30.3 Å². The van der Waals surface area contributed by atoms with Crippen molar-refractivity contribution in [1.82, 2.24) is 14.7 Å². The van der Waals surface area contributed by atoms with Gasteiger partial charge in [0.05, 0.1) is 6.54 Å². The predicted molar refractivity (Wildman–Crippen MR) is 98.4 cm³/mol. The van der Waals surface area contributed by atoms with Crippen LogP contribution in [0.2, 0.25) is 0 Å². The molecule has 27 heavy (non-hydrogen) atoms. The van der Waals surface area contributed by atoms with Crippen LogP contribution in [-0.2, 0) is 20.9 Å². The summed E-state index contributed by atoms with van der Waals surface area (Å²) in [5.74, 6) is -2.08. The van der Waals surface area contributed by atoms with Gasteiger partial charge in [-0.3, -0.25) is 19.3 Å². The second kappa shape index (κ2) is 8.33. The second-order valence-corrected chi connectivity index (χ2v) is 7.02. The van der Waals surface area contributed by atoms with Gasteiger partial charge in [0.25, 0.3) is 0 Å². The number of likely N-dealkylation sites (N-methyl/N-ethyl adjacent to an activating group) is 1. The Hall–Kier alpha value is -2.70. The van der Waals surface area contributed by atoms with E-state index in [1.54, 1.807) is 29.2 Å². The molecule has 7 nitrogen and oxygen atoms in total. The molecule has 1 aromatic rings. The summed E-state index contributed by atoms with van der Waals surface area (Å²) in [5.41, 5.74) is 0.748. The highest BCUT2D eigenvalue weighted by molar-refractivity contribution is 6.44. The standard InChI is InChI=1S/C20H25N3O4/c1-2-21(16-11-7-4-8-12-16)17(24)14-23-19(26)18(25)22(20(23)27)13-15-9-5-3-6-10-15/h3,5-6,9-10,16H,2,4,7-8,11-14H2,1H3. The van der Waals surface area contributed by atoms with Crippen molar-refractivity contribution in [3.8, 4) is 0 Å². The maximum Gasteiger partial charge on any atom is 0.335 e. The molecule has 2 fully saturated rings. The van der Waals surface area contributed by atoms with E-state index < -0.39 is 17.8 Å². The summed E-state index contributed by atoms with van der Waals surface area (Å²) in [6.07, 6.45) is 5.23. The third-order valence-electron chi connectivity index (χ3n) is 5.29. The van der Waals surface area contributed by atoms with Crippen molar-refractivity contribution in [3.63, 3.8) is 0 Å². The maximum atomic E-state index is 12.7. The third-order valence-corrected chi connectivity index (χ3v) is 5.29. The molecule has 5 amide bonds. The first-order chi connectivity index (χ1) is 13.0. The van der Waals surface area contributed by atoms with E-state index in [1.807, 2.05) is 13.0 Å². The lowest BCUT2D eigenvalue weighted by Crippen LogP contribution is -2.47. The van der Waals surface area contributed by atoms with Gasteiger partial charge in [-0.25, -0.2) is 9.69 Å². The van der Waals surface area contributed by atoms with Crippen LogP contribution in [0.5, 0.6) is 0 Å². The topological polar surface area (TPSA) is 78.0 Å². The Morgan fingerprint density at radius 1 is 1.00 bits per heavy atom. The minimum Gasteiger partial charge on any atom is -0.338 e. The van der Waals surface area contributed by atoms with Gasteiger partial charge in [-0.1, -0.05) is 49.6 Å². The first kappa shape index (κ1) is 19.1. The fraction of sp³-hybridized carbons (Fsp3) is 0.500. The molecule has 0 atom stereocenters. The van der Waals surface area contributed by atoms with E-state index in [-0.39, 0.29) is 25.0 Å². The van der Waals surface area contributed by atoms with E-state index >= 15 is 0 Å². The van der Waals surface area contributed by atoms with E-state index in [4.69, 9.17) is 0 Å². The number of imide groups is 2. The zero-order valence-electron chi connectivity index (χ0n) is 15.6. The fourth-order valence-corrected chi connectivity index (χ4v) is 3.85. The van der Waals surface area contributed by atoms with Gasteiger partial charge in [-0.2, -0.15) is 0 Å². The number of nitrogens with zero attached hydrogens (tertiary/aromatic N) is 3. The van der Waals surface area contributed by atoms with Crippen LogP contribution in [-0.4, -0.2) is 57.6 Å². The number of amides is 5. The van der Waals surface area contributed by atoms with E-state index in [1.165, 1.54) is 6.42 Å². The molecule has 1 aromatic carbocycles. The number of rotatable bonds is 6. The quantitative estimate of drug-likeness (QED) is 0.567. The normalized spacial score (nSPS) is 18.3. The average molecular weight is 371 g/mol. The number of carbonyl (C=O) groups excluding carboxylic acids is 4. The predicted octanol–water partition coefficient (Wildman–Crippen LogP) is 2.16. The number of hydrogen-bond donors (Lipinski definition) is 0. The number of urea groups is 1. The minimum absolute atomic E-state index is 0.0229. The van der Waals surface area contributed by atoms with Gasteiger partial charge in [0.15, 0.2) is 0 Å².